The van der Waals surface area contributed by atoms with E-state index in [1.165, 1.54) is 16.2 Å². The molecule has 1 aliphatic carbocycles. The SMILES string of the molecule is CCC1CCc2c(sc(NC(=O)c3ccc(C)cc3)c2C(N)=O)C1. The number of anilines is 1. The van der Waals surface area contributed by atoms with Crippen LogP contribution in [-0.4, -0.2) is 11.8 Å². The molecule has 0 spiro atoms. The van der Waals surface area contributed by atoms with Gasteiger partial charge in [0.05, 0.1) is 5.56 Å². The smallest absolute Gasteiger partial charge is 0.256 e. The molecule has 2 amide bonds. The fraction of sp³-hybridized carbons (Fsp3) is 0.368. The highest BCUT2D eigenvalue weighted by atomic mass is 32.1. The van der Waals surface area contributed by atoms with Crippen molar-refractivity contribution in [1.29, 1.82) is 0 Å². The summed E-state index contributed by atoms with van der Waals surface area (Å²) in [4.78, 5) is 25.6. The molecule has 3 N–H and O–H groups in total. The maximum Gasteiger partial charge on any atom is 0.256 e. The first kappa shape index (κ1) is 16.7. The zero-order valence-corrected chi connectivity index (χ0v) is 14.8. The zero-order chi connectivity index (χ0) is 17.3. The van der Waals surface area contributed by atoms with Gasteiger partial charge in [0.2, 0.25) is 0 Å². The first-order chi connectivity index (χ1) is 11.5. The fourth-order valence-corrected chi connectivity index (χ4v) is 4.59. The van der Waals surface area contributed by atoms with Crippen LogP contribution in [0.4, 0.5) is 5.00 Å². The number of benzene rings is 1. The average molecular weight is 342 g/mol. The van der Waals surface area contributed by atoms with E-state index in [0.717, 1.165) is 36.8 Å². The number of hydrogen-bond donors (Lipinski definition) is 2. The van der Waals surface area contributed by atoms with Gasteiger partial charge in [-0.05, 0) is 49.8 Å². The summed E-state index contributed by atoms with van der Waals surface area (Å²) in [5.74, 6) is -0.0117. The molecule has 0 saturated carbocycles. The molecule has 0 bridgehead atoms. The van der Waals surface area contributed by atoms with E-state index in [-0.39, 0.29) is 5.91 Å². The van der Waals surface area contributed by atoms with E-state index in [1.807, 2.05) is 19.1 Å². The van der Waals surface area contributed by atoms with Gasteiger partial charge in [0, 0.05) is 10.4 Å². The van der Waals surface area contributed by atoms with Crippen LogP contribution in [0.15, 0.2) is 24.3 Å². The van der Waals surface area contributed by atoms with Gasteiger partial charge < -0.3 is 11.1 Å². The summed E-state index contributed by atoms with van der Waals surface area (Å²) in [6, 6.07) is 7.37. The van der Waals surface area contributed by atoms with Gasteiger partial charge in [0.1, 0.15) is 5.00 Å². The normalized spacial score (nSPS) is 16.5. The molecular weight excluding hydrogens is 320 g/mol. The third-order valence-corrected chi connectivity index (χ3v) is 5.90. The number of thiophene rings is 1. The lowest BCUT2D eigenvalue weighted by Crippen LogP contribution is -2.19. The Labute approximate surface area is 146 Å². The van der Waals surface area contributed by atoms with Crippen molar-refractivity contribution in [1.82, 2.24) is 0 Å². The van der Waals surface area contributed by atoms with Gasteiger partial charge in [-0.25, -0.2) is 0 Å². The third-order valence-electron chi connectivity index (χ3n) is 4.73. The molecule has 3 rings (SSSR count). The van der Waals surface area contributed by atoms with Crippen molar-refractivity contribution in [3.63, 3.8) is 0 Å². The Morgan fingerprint density at radius 2 is 2.00 bits per heavy atom. The summed E-state index contributed by atoms with van der Waals surface area (Å²) < 4.78 is 0. The quantitative estimate of drug-likeness (QED) is 0.884. The Balaban J connectivity index is 1.90. The minimum atomic E-state index is -0.457. The predicted molar refractivity (Wildman–Crippen MR) is 97.8 cm³/mol. The number of nitrogens with two attached hydrogens (primary N) is 1. The molecular formula is C19H22N2O2S. The Kier molecular flexibility index (Phi) is 4.71. The van der Waals surface area contributed by atoms with E-state index in [2.05, 4.69) is 12.2 Å². The molecule has 24 heavy (non-hydrogen) atoms. The third kappa shape index (κ3) is 3.22. The monoisotopic (exact) mass is 342 g/mol. The highest BCUT2D eigenvalue weighted by molar-refractivity contribution is 7.17. The van der Waals surface area contributed by atoms with Crippen molar-refractivity contribution >= 4 is 28.2 Å². The molecule has 1 aliphatic rings. The van der Waals surface area contributed by atoms with Crippen molar-refractivity contribution in [3.05, 3.63) is 51.4 Å². The van der Waals surface area contributed by atoms with E-state index in [0.29, 0.717) is 22.0 Å². The highest BCUT2D eigenvalue weighted by Gasteiger charge is 2.28. The van der Waals surface area contributed by atoms with Gasteiger partial charge in [-0.2, -0.15) is 0 Å². The van der Waals surface area contributed by atoms with Crippen molar-refractivity contribution in [2.75, 3.05) is 5.32 Å². The maximum absolute atomic E-state index is 12.5. The summed E-state index contributed by atoms with van der Waals surface area (Å²) in [6.07, 6.45) is 4.04. The van der Waals surface area contributed by atoms with Gasteiger partial charge >= 0.3 is 0 Å². The second kappa shape index (κ2) is 6.77. The Morgan fingerprint density at radius 1 is 1.29 bits per heavy atom. The number of fused-ring (bicyclic) bond motifs is 1. The van der Waals surface area contributed by atoms with E-state index in [4.69, 9.17) is 5.73 Å². The highest BCUT2D eigenvalue weighted by Crippen LogP contribution is 2.40. The molecule has 126 valence electrons. The minimum Gasteiger partial charge on any atom is -0.365 e. The van der Waals surface area contributed by atoms with Crippen molar-refractivity contribution in [3.8, 4) is 0 Å². The molecule has 0 radical (unpaired) electrons. The Hall–Kier alpha value is -2.14. The average Bonchev–Trinajstić information content (AvgIpc) is 2.92. The van der Waals surface area contributed by atoms with Crippen LogP contribution in [0, 0.1) is 12.8 Å². The number of carbonyl (C=O) groups excluding carboxylic acids is 2. The summed E-state index contributed by atoms with van der Waals surface area (Å²) in [7, 11) is 0. The first-order valence-corrected chi connectivity index (χ1v) is 9.13. The zero-order valence-electron chi connectivity index (χ0n) is 14.0. The van der Waals surface area contributed by atoms with Crippen molar-refractivity contribution in [2.45, 2.75) is 39.5 Å². The Bertz CT molecular complexity index is 777. The van der Waals surface area contributed by atoms with E-state index in [9.17, 15) is 9.59 Å². The van der Waals surface area contributed by atoms with Crippen LogP contribution < -0.4 is 11.1 Å². The molecule has 0 aliphatic heterocycles. The molecule has 1 aromatic heterocycles. The second-order valence-electron chi connectivity index (χ2n) is 6.41. The molecule has 2 aromatic rings. The lowest BCUT2D eigenvalue weighted by atomic mass is 9.85. The van der Waals surface area contributed by atoms with Crippen LogP contribution >= 0.6 is 11.3 Å². The van der Waals surface area contributed by atoms with Crippen LogP contribution in [0.25, 0.3) is 0 Å². The number of nitrogens with one attached hydrogen (secondary N) is 1. The lowest BCUT2D eigenvalue weighted by molar-refractivity contribution is 0.1000. The van der Waals surface area contributed by atoms with E-state index >= 15 is 0 Å². The van der Waals surface area contributed by atoms with Crippen LogP contribution in [0.2, 0.25) is 0 Å². The molecule has 1 unspecified atom stereocenters. The van der Waals surface area contributed by atoms with Crippen LogP contribution in [0.5, 0.6) is 0 Å². The fourth-order valence-electron chi connectivity index (χ4n) is 3.23. The van der Waals surface area contributed by atoms with Crippen LogP contribution in [0.3, 0.4) is 0 Å². The lowest BCUT2D eigenvalue weighted by Gasteiger charge is -2.20. The van der Waals surface area contributed by atoms with Gasteiger partial charge in [0.25, 0.3) is 11.8 Å². The van der Waals surface area contributed by atoms with Gasteiger partial charge in [-0.15, -0.1) is 11.3 Å². The molecule has 1 heterocycles. The standard InChI is InChI=1S/C19H22N2O2S/c1-3-12-6-9-14-15(10-12)24-19(16(14)17(20)22)21-18(23)13-7-4-11(2)5-8-13/h4-5,7-8,12H,3,6,9-10H2,1-2H3,(H2,20,22)(H,21,23). The number of aryl methyl sites for hydroxylation is 1. The molecule has 4 nitrogen and oxygen atoms in total. The van der Waals surface area contributed by atoms with E-state index < -0.39 is 5.91 Å². The van der Waals surface area contributed by atoms with Crippen LogP contribution in [0.1, 0.15) is 56.5 Å². The van der Waals surface area contributed by atoms with Gasteiger partial charge in [0.15, 0.2) is 0 Å². The largest absolute Gasteiger partial charge is 0.365 e. The predicted octanol–water partition coefficient (Wildman–Crippen LogP) is 3.92. The molecule has 1 atom stereocenters. The molecule has 0 fully saturated rings. The number of rotatable bonds is 4. The first-order valence-electron chi connectivity index (χ1n) is 8.32. The number of amides is 2. The molecule has 5 heteroatoms. The summed E-state index contributed by atoms with van der Waals surface area (Å²) in [5.41, 5.74) is 8.82. The van der Waals surface area contributed by atoms with Gasteiger partial charge in [-0.1, -0.05) is 31.0 Å². The summed E-state index contributed by atoms with van der Waals surface area (Å²) in [5, 5.41) is 3.49. The van der Waals surface area contributed by atoms with Crippen molar-refractivity contribution in [2.24, 2.45) is 11.7 Å². The van der Waals surface area contributed by atoms with Crippen molar-refractivity contribution < 1.29 is 9.59 Å². The Morgan fingerprint density at radius 3 is 2.62 bits per heavy atom. The second-order valence-corrected chi connectivity index (χ2v) is 7.51. The van der Waals surface area contributed by atoms with E-state index in [1.54, 1.807) is 12.1 Å². The molecule has 0 saturated heterocycles. The number of hydrogen-bond acceptors (Lipinski definition) is 3. The number of carbonyl (C=O) groups is 2. The number of primary amides is 1. The summed E-state index contributed by atoms with van der Waals surface area (Å²) >= 11 is 1.50. The maximum atomic E-state index is 12.5. The van der Waals surface area contributed by atoms with Gasteiger partial charge in [-0.3, -0.25) is 9.59 Å². The van der Waals surface area contributed by atoms with Crippen LogP contribution in [-0.2, 0) is 12.8 Å². The minimum absolute atomic E-state index is 0.205. The molecule has 1 aromatic carbocycles. The topological polar surface area (TPSA) is 72.2 Å². The summed E-state index contributed by atoms with van der Waals surface area (Å²) in [6.45, 7) is 4.17.